The molecule has 0 unspecified atom stereocenters. The first-order valence-electron chi connectivity index (χ1n) is 6.46. The summed E-state index contributed by atoms with van der Waals surface area (Å²) in [6, 6.07) is 11.9. The van der Waals surface area contributed by atoms with Gasteiger partial charge in [-0.15, -0.1) is 0 Å². The Balaban J connectivity index is 2.41. The van der Waals surface area contributed by atoms with Crippen LogP contribution in [-0.2, 0) is 0 Å². The average Bonchev–Trinajstić information content (AvgIpc) is 2.82. The van der Waals surface area contributed by atoms with Crippen LogP contribution in [0.15, 0.2) is 42.6 Å². The lowest BCUT2D eigenvalue weighted by Gasteiger charge is -2.24. The Morgan fingerprint density at radius 3 is 2.42 bits per heavy atom. The lowest BCUT2D eigenvalue weighted by molar-refractivity contribution is 0.480. The van der Waals surface area contributed by atoms with Gasteiger partial charge in [0, 0.05) is 17.1 Å². The average molecular weight is 254 g/mol. The van der Waals surface area contributed by atoms with Crippen molar-refractivity contribution in [3.05, 3.63) is 42.6 Å². The second kappa shape index (κ2) is 3.92. The van der Waals surface area contributed by atoms with Crippen LogP contribution in [0, 0.1) is 0 Å². The minimum absolute atomic E-state index is 0.106. The summed E-state index contributed by atoms with van der Waals surface area (Å²) in [4.78, 5) is 0. The van der Waals surface area contributed by atoms with Crippen LogP contribution in [0.3, 0.4) is 0 Å². The molecule has 2 N–H and O–H groups in total. The van der Waals surface area contributed by atoms with Crippen LogP contribution in [-0.4, -0.2) is 15.0 Å². The van der Waals surface area contributed by atoms with Crippen molar-refractivity contribution < 1.29 is 5.11 Å². The van der Waals surface area contributed by atoms with E-state index < -0.39 is 0 Å². The quantitative estimate of drug-likeness (QED) is 0.688. The number of nitrogens with zero attached hydrogens (tertiary/aromatic N) is 1. The fraction of sp³-hybridized carbons (Fsp3) is 0.250. The Morgan fingerprint density at radius 2 is 1.68 bits per heavy atom. The van der Waals surface area contributed by atoms with E-state index in [4.69, 9.17) is 0 Å². The number of aromatic nitrogens is 1. The van der Waals surface area contributed by atoms with Gasteiger partial charge in [0.1, 0.15) is 11.4 Å². The molecule has 0 saturated heterocycles. The van der Waals surface area contributed by atoms with Gasteiger partial charge in [0.2, 0.25) is 0 Å². The minimum Gasteiger partial charge on any atom is -0.505 e. The smallest absolute Gasteiger partial charge is 0.150 e. The summed E-state index contributed by atoms with van der Waals surface area (Å²) in [7, 11) is 0. The van der Waals surface area contributed by atoms with Gasteiger partial charge in [-0.05, 0) is 45.0 Å². The number of nitrogens with one attached hydrogen (secondary N) is 1. The van der Waals surface area contributed by atoms with E-state index >= 15 is 0 Å². The number of aromatic hydroxyl groups is 1. The predicted octanol–water partition coefficient (Wildman–Crippen LogP) is 4.01. The van der Waals surface area contributed by atoms with E-state index in [0.29, 0.717) is 5.75 Å². The third-order valence-electron chi connectivity index (χ3n) is 3.16. The molecule has 0 amide bonds. The van der Waals surface area contributed by atoms with Gasteiger partial charge in [0.05, 0.1) is 11.0 Å². The number of fused-ring (bicyclic) bond motifs is 3. The molecule has 0 saturated carbocycles. The molecule has 2 aromatic heterocycles. The van der Waals surface area contributed by atoms with Crippen molar-refractivity contribution in [1.82, 2.24) is 4.40 Å². The topological polar surface area (TPSA) is 36.7 Å². The first kappa shape index (κ1) is 11.9. The summed E-state index contributed by atoms with van der Waals surface area (Å²) in [5, 5.41) is 14.8. The molecule has 1 aromatic carbocycles. The van der Waals surface area contributed by atoms with Crippen LogP contribution in [0.25, 0.3) is 16.4 Å². The molecular formula is C16H18N2O. The molecule has 3 heteroatoms. The standard InChI is InChI=1S/C16H18N2O/c1-16(2,3)17-14-13-9-6-10-18(13)12-8-5-4-7-11(12)15(14)19/h4-10,17,19H,1-3H3. The van der Waals surface area contributed by atoms with Gasteiger partial charge in [-0.2, -0.15) is 0 Å². The normalized spacial score (nSPS) is 12.2. The molecule has 0 radical (unpaired) electrons. The van der Waals surface area contributed by atoms with Crippen LogP contribution in [0.2, 0.25) is 0 Å². The predicted molar refractivity (Wildman–Crippen MR) is 79.9 cm³/mol. The first-order valence-corrected chi connectivity index (χ1v) is 6.46. The first-order chi connectivity index (χ1) is 8.97. The Morgan fingerprint density at radius 1 is 1.00 bits per heavy atom. The van der Waals surface area contributed by atoms with E-state index in [1.807, 2.05) is 42.6 Å². The van der Waals surface area contributed by atoms with Crippen molar-refractivity contribution in [2.24, 2.45) is 0 Å². The molecule has 0 atom stereocenters. The van der Waals surface area contributed by atoms with Crippen LogP contribution in [0.5, 0.6) is 5.75 Å². The zero-order valence-electron chi connectivity index (χ0n) is 11.4. The largest absolute Gasteiger partial charge is 0.505 e. The molecule has 3 aromatic rings. The molecular weight excluding hydrogens is 236 g/mol. The highest BCUT2D eigenvalue weighted by atomic mass is 16.3. The number of benzene rings is 1. The van der Waals surface area contributed by atoms with Crippen molar-refractivity contribution in [3.8, 4) is 5.75 Å². The maximum Gasteiger partial charge on any atom is 0.150 e. The highest BCUT2D eigenvalue weighted by Gasteiger charge is 2.18. The van der Waals surface area contributed by atoms with Crippen molar-refractivity contribution in [3.63, 3.8) is 0 Å². The fourth-order valence-corrected chi connectivity index (χ4v) is 2.43. The van der Waals surface area contributed by atoms with Crippen LogP contribution in [0.1, 0.15) is 20.8 Å². The molecule has 19 heavy (non-hydrogen) atoms. The highest BCUT2D eigenvalue weighted by molar-refractivity contribution is 5.98. The Bertz CT molecular complexity index is 750. The summed E-state index contributed by atoms with van der Waals surface area (Å²) in [6.45, 7) is 6.25. The molecule has 0 spiro atoms. The molecule has 0 aliphatic heterocycles. The summed E-state index contributed by atoms with van der Waals surface area (Å²) in [5.74, 6) is 0.316. The van der Waals surface area contributed by atoms with E-state index in [0.717, 1.165) is 22.1 Å². The Hall–Kier alpha value is -2.16. The third-order valence-corrected chi connectivity index (χ3v) is 3.16. The van der Waals surface area contributed by atoms with Crippen molar-refractivity contribution in [1.29, 1.82) is 0 Å². The second-order valence-corrected chi connectivity index (χ2v) is 5.88. The molecule has 0 fully saturated rings. The Labute approximate surface area is 112 Å². The lowest BCUT2D eigenvalue weighted by Crippen LogP contribution is -2.26. The van der Waals surface area contributed by atoms with Gasteiger partial charge in [-0.3, -0.25) is 0 Å². The van der Waals surface area contributed by atoms with Gasteiger partial charge in [-0.25, -0.2) is 0 Å². The van der Waals surface area contributed by atoms with Crippen LogP contribution in [0.4, 0.5) is 5.69 Å². The molecule has 2 heterocycles. The molecule has 0 bridgehead atoms. The molecule has 98 valence electrons. The van der Waals surface area contributed by atoms with E-state index in [1.54, 1.807) is 0 Å². The summed E-state index contributed by atoms with van der Waals surface area (Å²) in [5.41, 5.74) is 2.69. The van der Waals surface area contributed by atoms with E-state index in [2.05, 4.69) is 30.5 Å². The monoisotopic (exact) mass is 254 g/mol. The van der Waals surface area contributed by atoms with Crippen molar-refractivity contribution >= 4 is 22.1 Å². The van der Waals surface area contributed by atoms with Crippen molar-refractivity contribution in [2.75, 3.05) is 5.32 Å². The molecule has 0 aliphatic rings. The van der Waals surface area contributed by atoms with Crippen LogP contribution >= 0.6 is 0 Å². The van der Waals surface area contributed by atoms with Gasteiger partial charge in [0.15, 0.2) is 0 Å². The number of pyridine rings is 1. The van der Waals surface area contributed by atoms with E-state index in [9.17, 15) is 5.11 Å². The minimum atomic E-state index is -0.106. The van der Waals surface area contributed by atoms with E-state index in [1.165, 1.54) is 0 Å². The second-order valence-electron chi connectivity index (χ2n) is 5.88. The zero-order valence-corrected chi connectivity index (χ0v) is 11.4. The zero-order chi connectivity index (χ0) is 13.6. The van der Waals surface area contributed by atoms with Crippen LogP contribution < -0.4 is 5.32 Å². The van der Waals surface area contributed by atoms with Gasteiger partial charge < -0.3 is 14.8 Å². The number of hydrogen-bond donors (Lipinski definition) is 2. The maximum atomic E-state index is 10.6. The third kappa shape index (κ3) is 1.91. The summed E-state index contributed by atoms with van der Waals surface area (Å²) < 4.78 is 2.10. The lowest BCUT2D eigenvalue weighted by atomic mass is 10.1. The summed E-state index contributed by atoms with van der Waals surface area (Å²) in [6.07, 6.45) is 2.02. The van der Waals surface area contributed by atoms with Gasteiger partial charge in [0.25, 0.3) is 0 Å². The maximum absolute atomic E-state index is 10.6. The number of anilines is 1. The number of hydrogen-bond acceptors (Lipinski definition) is 2. The molecule has 0 aliphatic carbocycles. The van der Waals surface area contributed by atoms with Crippen molar-refractivity contribution in [2.45, 2.75) is 26.3 Å². The Kier molecular flexibility index (Phi) is 2.45. The molecule has 3 rings (SSSR count). The van der Waals surface area contributed by atoms with Gasteiger partial charge in [-0.1, -0.05) is 12.1 Å². The highest BCUT2D eigenvalue weighted by Crippen LogP contribution is 2.38. The fourth-order valence-electron chi connectivity index (χ4n) is 2.43. The number of para-hydroxylation sites is 1. The molecule has 3 nitrogen and oxygen atoms in total. The van der Waals surface area contributed by atoms with Gasteiger partial charge >= 0.3 is 0 Å². The number of rotatable bonds is 1. The summed E-state index contributed by atoms with van der Waals surface area (Å²) >= 11 is 0. The van der Waals surface area contributed by atoms with E-state index in [-0.39, 0.29) is 5.54 Å². The SMILES string of the molecule is CC(C)(C)Nc1c(O)c2ccccc2n2cccc12.